The number of H-pyrrole nitrogens is 1. The second-order valence-corrected chi connectivity index (χ2v) is 11.1. The van der Waals surface area contributed by atoms with Gasteiger partial charge in [-0.25, -0.2) is 17.4 Å². The second-order valence-electron chi connectivity index (χ2n) is 8.92. The molecule has 0 radical (unpaired) electrons. The van der Waals surface area contributed by atoms with Crippen LogP contribution in [0.5, 0.6) is 0 Å². The average molecular weight is 493 g/mol. The monoisotopic (exact) mass is 492 g/mol. The zero-order chi connectivity index (χ0) is 24.9. The largest absolute Gasteiger partial charge is 0.308 e. The molecule has 1 aromatic carbocycles. The first-order chi connectivity index (χ1) is 16.7. The number of nitrogens with one attached hydrogen (secondary N) is 2. The second kappa shape index (κ2) is 8.51. The van der Waals surface area contributed by atoms with Crippen LogP contribution in [-0.4, -0.2) is 61.7 Å². The minimum atomic E-state index is -3.49. The lowest BCUT2D eigenvalue weighted by Gasteiger charge is -2.11. The molecule has 0 fully saturated rings. The Hall–Kier alpha value is -3.70. The van der Waals surface area contributed by atoms with Gasteiger partial charge in [0.1, 0.15) is 5.65 Å². The van der Waals surface area contributed by atoms with Crippen molar-refractivity contribution in [1.29, 1.82) is 0 Å². The molecule has 35 heavy (non-hydrogen) atoms. The van der Waals surface area contributed by atoms with Crippen LogP contribution >= 0.6 is 0 Å². The van der Waals surface area contributed by atoms with Crippen LogP contribution in [0.15, 0.2) is 42.6 Å². The summed E-state index contributed by atoms with van der Waals surface area (Å²) in [6.07, 6.45) is 1.72. The van der Waals surface area contributed by atoms with Gasteiger partial charge in [-0.15, -0.1) is 0 Å². The lowest BCUT2D eigenvalue weighted by molar-refractivity contribution is 0.404. The Morgan fingerprint density at radius 3 is 2.57 bits per heavy atom. The van der Waals surface area contributed by atoms with E-state index in [1.165, 1.54) is 3.97 Å². The summed E-state index contributed by atoms with van der Waals surface area (Å²) in [5.41, 5.74) is 4.93. The third-order valence-corrected chi connectivity index (χ3v) is 7.54. The predicted molar refractivity (Wildman–Crippen MR) is 138 cm³/mol. The van der Waals surface area contributed by atoms with Crippen LogP contribution in [0.3, 0.4) is 0 Å². The molecule has 0 aliphatic rings. The maximum atomic E-state index is 12.9. The Morgan fingerprint density at radius 2 is 1.89 bits per heavy atom. The van der Waals surface area contributed by atoms with Crippen LogP contribution in [0.2, 0.25) is 0 Å². The number of aromatic nitrogens is 6. The van der Waals surface area contributed by atoms with Crippen molar-refractivity contribution in [3.05, 3.63) is 59.5 Å². The van der Waals surface area contributed by atoms with Crippen LogP contribution in [0.1, 0.15) is 23.9 Å². The Balaban J connectivity index is 1.69. The van der Waals surface area contributed by atoms with E-state index in [-0.39, 0.29) is 5.75 Å². The highest BCUT2D eigenvalue weighted by Gasteiger charge is 2.20. The third-order valence-electron chi connectivity index (χ3n) is 5.91. The van der Waals surface area contributed by atoms with Crippen LogP contribution in [0.4, 0.5) is 11.8 Å². The Kier molecular flexibility index (Phi) is 5.60. The molecule has 5 rings (SSSR count). The summed E-state index contributed by atoms with van der Waals surface area (Å²) in [5.74, 6) is 1.71. The highest BCUT2D eigenvalue weighted by atomic mass is 32.2. The Bertz CT molecular complexity index is 1660. The standard InChI is InChI=1S/C24H28N8O2S/c1-6-35(33,34)31-14-18(13-30(4)5)19-9-8-17(12-20(19)31)23-26-22-10-7-16(3)32(22)24(27-23)25-21-11-15(2)28-29-21/h7-12,14H,6,13H2,1-5H3,(H2,25,26,27,28,29). The molecule has 10 nitrogen and oxygen atoms in total. The summed E-state index contributed by atoms with van der Waals surface area (Å²) in [7, 11) is 0.437. The quantitative estimate of drug-likeness (QED) is 0.356. The summed E-state index contributed by atoms with van der Waals surface area (Å²) >= 11 is 0. The van der Waals surface area contributed by atoms with Crippen LogP contribution in [-0.2, 0) is 16.6 Å². The fourth-order valence-electron chi connectivity index (χ4n) is 4.22. The van der Waals surface area contributed by atoms with Gasteiger partial charge in [0.05, 0.1) is 11.3 Å². The molecule has 0 unspecified atom stereocenters. The first-order valence-corrected chi connectivity index (χ1v) is 12.9. The summed E-state index contributed by atoms with van der Waals surface area (Å²) < 4.78 is 29.1. The molecular weight excluding hydrogens is 464 g/mol. The average Bonchev–Trinajstić information content (AvgIpc) is 3.51. The van der Waals surface area contributed by atoms with Crippen LogP contribution in [0.25, 0.3) is 27.9 Å². The highest BCUT2D eigenvalue weighted by molar-refractivity contribution is 7.90. The van der Waals surface area contributed by atoms with E-state index < -0.39 is 10.0 Å². The van der Waals surface area contributed by atoms with E-state index in [2.05, 4.69) is 15.5 Å². The van der Waals surface area contributed by atoms with E-state index in [0.717, 1.165) is 33.5 Å². The zero-order valence-electron chi connectivity index (χ0n) is 20.4. The number of nitrogens with zero attached hydrogens (tertiary/aromatic N) is 6. The third kappa shape index (κ3) is 4.17. The van der Waals surface area contributed by atoms with E-state index >= 15 is 0 Å². The summed E-state index contributed by atoms with van der Waals surface area (Å²) in [6, 6.07) is 11.5. The lowest BCUT2D eigenvalue weighted by Crippen LogP contribution is -2.14. The fraction of sp³-hybridized carbons (Fsp3) is 0.292. The molecule has 2 N–H and O–H groups in total. The van der Waals surface area contributed by atoms with Gasteiger partial charge in [0.25, 0.3) is 0 Å². The molecular formula is C24H28N8O2S. The number of rotatable bonds is 7. The first-order valence-electron chi connectivity index (χ1n) is 11.3. The molecule has 0 aliphatic carbocycles. The Morgan fingerprint density at radius 1 is 1.09 bits per heavy atom. The van der Waals surface area contributed by atoms with Gasteiger partial charge in [0, 0.05) is 41.1 Å². The zero-order valence-corrected chi connectivity index (χ0v) is 21.2. The van der Waals surface area contributed by atoms with Crippen molar-refractivity contribution in [2.75, 3.05) is 25.2 Å². The molecule has 0 atom stereocenters. The number of hydrogen-bond acceptors (Lipinski definition) is 7. The van der Waals surface area contributed by atoms with Crippen molar-refractivity contribution in [2.24, 2.45) is 0 Å². The van der Waals surface area contributed by atoms with Crippen molar-refractivity contribution in [3.8, 4) is 11.4 Å². The number of benzene rings is 1. The topological polar surface area (TPSA) is 113 Å². The van der Waals surface area contributed by atoms with Gasteiger partial charge in [0.15, 0.2) is 11.6 Å². The van der Waals surface area contributed by atoms with Gasteiger partial charge in [-0.2, -0.15) is 10.1 Å². The van der Waals surface area contributed by atoms with Gasteiger partial charge in [-0.05, 0) is 58.6 Å². The van der Waals surface area contributed by atoms with E-state index in [4.69, 9.17) is 9.97 Å². The molecule has 0 spiro atoms. The molecule has 4 aromatic heterocycles. The van der Waals surface area contributed by atoms with Gasteiger partial charge >= 0.3 is 0 Å². The van der Waals surface area contributed by atoms with Crippen molar-refractivity contribution in [2.45, 2.75) is 27.3 Å². The van der Waals surface area contributed by atoms with E-state index in [1.54, 1.807) is 13.1 Å². The molecule has 0 aliphatic heterocycles. The van der Waals surface area contributed by atoms with E-state index in [0.29, 0.717) is 29.7 Å². The van der Waals surface area contributed by atoms with Gasteiger partial charge in [-0.3, -0.25) is 9.50 Å². The number of anilines is 2. The number of hydrogen-bond donors (Lipinski definition) is 2. The first kappa shape index (κ1) is 23.1. The normalized spacial score (nSPS) is 12.3. The van der Waals surface area contributed by atoms with Gasteiger partial charge < -0.3 is 10.2 Å². The molecule has 0 bridgehead atoms. The van der Waals surface area contributed by atoms with Crippen LogP contribution < -0.4 is 5.32 Å². The van der Waals surface area contributed by atoms with Crippen molar-refractivity contribution < 1.29 is 8.42 Å². The summed E-state index contributed by atoms with van der Waals surface area (Å²) in [6.45, 7) is 6.19. The van der Waals surface area contributed by atoms with Crippen molar-refractivity contribution >= 4 is 38.3 Å². The predicted octanol–water partition coefficient (Wildman–Crippen LogP) is 3.69. The number of aryl methyl sites for hydroxylation is 2. The summed E-state index contributed by atoms with van der Waals surface area (Å²) in [5, 5.41) is 11.4. The minimum Gasteiger partial charge on any atom is -0.308 e. The molecule has 5 aromatic rings. The highest BCUT2D eigenvalue weighted by Crippen LogP contribution is 2.30. The fourth-order valence-corrected chi connectivity index (χ4v) is 5.24. The molecule has 0 saturated carbocycles. The maximum Gasteiger partial charge on any atom is 0.238 e. The number of fused-ring (bicyclic) bond motifs is 2. The van der Waals surface area contributed by atoms with E-state index in [1.807, 2.05) is 73.6 Å². The summed E-state index contributed by atoms with van der Waals surface area (Å²) in [4.78, 5) is 11.6. The lowest BCUT2D eigenvalue weighted by atomic mass is 10.1. The van der Waals surface area contributed by atoms with Gasteiger partial charge in [0.2, 0.25) is 16.0 Å². The maximum absolute atomic E-state index is 12.9. The van der Waals surface area contributed by atoms with Gasteiger partial charge in [-0.1, -0.05) is 12.1 Å². The number of aromatic amines is 1. The smallest absolute Gasteiger partial charge is 0.238 e. The molecule has 0 saturated heterocycles. The molecule has 0 amide bonds. The molecule has 182 valence electrons. The van der Waals surface area contributed by atoms with Crippen molar-refractivity contribution in [1.82, 2.24) is 33.4 Å². The van der Waals surface area contributed by atoms with Crippen molar-refractivity contribution in [3.63, 3.8) is 0 Å². The van der Waals surface area contributed by atoms with E-state index in [9.17, 15) is 8.42 Å². The Labute approximate surface area is 203 Å². The van der Waals surface area contributed by atoms with Crippen LogP contribution in [0, 0.1) is 13.8 Å². The molecule has 4 heterocycles. The molecule has 11 heteroatoms. The SMILES string of the molecule is CCS(=O)(=O)n1cc(CN(C)C)c2ccc(-c3nc(Nc4cc(C)[nH]n4)n4c(C)ccc4n3)cc21. The minimum absolute atomic E-state index is 0.00541.